The second kappa shape index (κ2) is 7.14. The normalized spacial score (nSPS) is 22.9. The summed E-state index contributed by atoms with van der Waals surface area (Å²) in [6.45, 7) is 8.13. The molecule has 30 heavy (non-hydrogen) atoms. The second-order valence-corrected chi connectivity index (χ2v) is 9.51. The van der Waals surface area contributed by atoms with Crippen LogP contribution in [0.1, 0.15) is 33.6 Å². The van der Waals surface area contributed by atoms with E-state index in [0.717, 1.165) is 0 Å². The highest BCUT2D eigenvalue weighted by atomic mass is 19.1. The molecule has 3 heterocycles. The van der Waals surface area contributed by atoms with E-state index in [0.29, 0.717) is 44.0 Å². The van der Waals surface area contributed by atoms with Gasteiger partial charge >= 0.3 is 6.09 Å². The second-order valence-electron chi connectivity index (χ2n) is 9.51. The Morgan fingerprint density at radius 2 is 1.93 bits per heavy atom. The van der Waals surface area contributed by atoms with Gasteiger partial charge in [-0.05, 0) is 45.4 Å². The minimum Gasteiger partial charge on any atom is -0.444 e. The van der Waals surface area contributed by atoms with Gasteiger partial charge < -0.3 is 19.9 Å². The van der Waals surface area contributed by atoms with E-state index in [4.69, 9.17) is 4.74 Å². The summed E-state index contributed by atoms with van der Waals surface area (Å²) in [5, 5.41) is 5.27. The van der Waals surface area contributed by atoms with Crippen LogP contribution in [0.3, 0.4) is 0 Å². The highest BCUT2D eigenvalue weighted by Crippen LogP contribution is 2.43. The van der Waals surface area contributed by atoms with Crippen LogP contribution in [0.2, 0.25) is 0 Å². The van der Waals surface area contributed by atoms with Crippen LogP contribution in [0.15, 0.2) is 18.2 Å². The van der Waals surface area contributed by atoms with Crippen molar-refractivity contribution in [1.82, 2.24) is 10.2 Å². The Morgan fingerprint density at radius 3 is 2.53 bits per heavy atom. The van der Waals surface area contributed by atoms with Crippen molar-refractivity contribution in [3.05, 3.63) is 24.0 Å². The Morgan fingerprint density at radius 1 is 1.23 bits per heavy atom. The number of ether oxygens (including phenoxy) is 1. The molecule has 1 aromatic rings. The van der Waals surface area contributed by atoms with E-state index in [2.05, 4.69) is 10.6 Å². The summed E-state index contributed by atoms with van der Waals surface area (Å²) in [6.07, 6.45) is 0.346. The maximum absolute atomic E-state index is 14.7. The number of hydrogen-bond donors (Lipinski definition) is 2. The van der Waals surface area contributed by atoms with Crippen molar-refractivity contribution in [3.63, 3.8) is 0 Å². The molecule has 2 N–H and O–H groups in total. The molecule has 3 amide bonds. The van der Waals surface area contributed by atoms with Crippen molar-refractivity contribution in [1.29, 1.82) is 0 Å². The number of likely N-dealkylation sites (tertiary alicyclic amines) is 1. The first kappa shape index (κ1) is 20.4. The summed E-state index contributed by atoms with van der Waals surface area (Å²) in [5.41, 5.74) is 0.497. The Labute approximate surface area is 174 Å². The van der Waals surface area contributed by atoms with Gasteiger partial charge in [0.05, 0.1) is 5.69 Å². The van der Waals surface area contributed by atoms with E-state index in [-0.39, 0.29) is 35.6 Å². The molecular formula is C21H27FN4O4. The van der Waals surface area contributed by atoms with Gasteiger partial charge in [0, 0.05) is 43.7 Å². The molecule has 3 aliphatic rings. The minimum atomic E-state index is -0.547. The van der Waals surface area contributed by atoms with Crippen LogP contribution in [-0.4, -0.2) is 60.6 Å². The van der Waals surface area contributed by atoms with Crippen molar-refractivity contribution >= 4 is 29.3 Å². The minimum absolute atomic E-state index is 0.00693. The number of nitrogens with one attached hydrogen (secondary N) is 2. The molecule has 1 aromatic carbocycles. The molecule has 0 bridgehead atoms. The van der Waals surface area contributed by atoms with Gasteiger partial charge in [-0.1, -0.05) is 0 Å². The van der Waals surface area contributed by atoms with Crippen molar-refractivity contribution in [2.75, 3.05) is 36.4 Å². The van der Waals surface area contributed by atoms with Crippen LogP contribution < -0.4 is 15.5 Å². The summed E-state index contributed by atoms with van der Waals surface area (Å²) in [4.78, 5) is 38.8. The smallest absolute Gasteiger partial charge is 0.410 e. The molecule has 8 nitrogen and oxygen atoms in total. The number of rotatable bonds is 3. The SMILES string of the molecule is CC(C)(C)OC(=O)N1CC2(C1)CN(c1ccc(NC3CCC(=O)NC3=O)cc1F)C2. The van der Waals surface area contributed by atoms with E-state index < -0.39 is 11.6 Å². The molecule has 1 atom stereocenters. The largest absolute Gasteiger partial charge is 0.444 e. The van der Waals surface area contributed by atoms with E-state index in [1.165, 1.54) is 6.07 Å². The van der Waals surface area contributed by atoms with Gasteiger partial charge in [-0.15, -0.1) is 0 Å². The number of carbonyl (C=O) groups excluding carboxylic acids is 3. The molecule has 0 aromatic heterocycles. The summed E-state index contributed by atoms with van der Waals surface area (Å²) in [6, 6.07) is 4.26. The summed E-state index contributed by atoms with van der Waals surface area (Å²) in [7, 11) is 0. The zero-order valence-corrected chi connectivity index (χ0v) is 17.5. The predicted octanol–water partition coefficient (Wildman–Crippen LogP) is 2.10. The van der Waals surface area contributed by atoms with E-state index in [9.17, 15) is 18.8 Å². The van der Waals surface area contributed by atoms with Gasteiger partial charge in [-0.2, -0.15) is 0 Å². The molecule has 0 saturated carbocycles. The Hall–Kier alpha value is -2.84. The molecule has 1 unspecified atom stereocenters. The number of piperidine rings is 1. The molecule has 9 heteroatoms. The number of imide groups is 1. The first-order valence-electron chi connectivity index (χ1n) is 10.2. The maximum atomic E-state index is 14.7. The fraction of sp³-hybridized carbons (Fsp3) is 0.571. The number of benzene rings is 1. The Balaban J connectivity index is 1.30. The number of anilines is 2. The third-order valence-corrected chi connectivity index (χ3v) is 5.63. The number of hydrogen-bond acceptors (Lipinski definition) is 6. The van der Waals surface area contributed by atoms with Crippen molar-refractivity contribution < 1.29 is 23.5 Å². The monoisotopic (exact) mass is 418 g/mol. The Bertz CT molecular complexity index is 883. The standard InChI is InChI=1S/C21H27FN4O4/c1-20(2,3)30-19(29)26-11-21(12-26)9-25(10-21)16-6-4-13(8-14(16)22)23-15-5-7-17(27)24-18(15)28/h4,6,8,15,23H,5,7,9-12H2,1-3H3,(H,24,27,28). The van der Waals surface area contributed by atoms with Crippen LogP contribution in [0, 0.1) is 11.2 Å². The lowest BCUT2D eigenvalue weighted by atomic mass is 9.73. The van der Waals surface area contributed by atoms with Crippen LogP contribution >= 0.6 is 0 Å². The third-order valence-electron chi connectivity index (χ3n) is 5.63. The first-order chi connectivity index (χ1) is 14.0. The number of carbonyl (C=O) groups is 3. The van der Waals surface area contributed by atoms with Gasteiger partial charge in [-0.3, -0.25) is 14.9 Å². The molecule has 1 spiro atoms. The average Bonchev–Trinajstić information content (AvgIpc) is 2.55. The van der Waals surface area contributed by atoms with Crippen LogP contribution in [0.4, 0.5) is 20.6 Å². The lowest BCUT2D eigenvalue weighted by Gasteiger charge is -2.60. The summed E-state index contributed by atoms with van der Waals surface area (Å²) >= 11 is 0. The van der Waals surface area contributed by atoms with Crippen LogP contribution in [-0.2, 0) is 14.3 Å². The molecular weight excluding hydrogens is 391 g/mol. The molecule has 4 rings (SSSR count). The average molecular weight is 418 g/mol. The van der Waals surface area contributed by atoms with Crippen molar-refractivity contribution in [2.45, 2.75) is 45.3 Å². The van der Waals surface area contributed by atoms with Gasteiger partial charge in [0.1, 0.15) is 17.5 Å². The third kappa shape index (κ3) is 4.06. The van der Waals surface area contributed by atoms with Gasteiger partial charge in [0.25, 0.3) is 0 Å². The lowest BCUT2D eigenvalue weighted by Crippen LogP contribution is -2.73. The molecule has 3 aliphatic heterocycles. The highest BCUT2D eigenvalue weighted by molar-refractivity contribution is 6.01. The molecule has 3 saturated heterocycles. The molecule has 0 radical (unpaired) electrons. The zero-order chi connectivity index (χ0) is 21.7. The summed E-state index contributed by atoms with van der Waals surface area (Å²) < 4.78 is 20.1. The van der Waals surface area contributed by atoms with Crippen molar-refractivity contribution in [3.8, 4) is 0 Å². The van der Waals surface area contributed by atoms with E-state index in [1.807, 2.05) is 25.7 Å². The maximum Gasteiger partial charge on any atom is 0.410 e. The fourth-order valence-corrected chi connectivity index (χ4v) is 4.24. The van der Waals surface area contributed by atoms with Gasteiger partial charge in [-0.25, -0.2) is 9.18 Å². The molecule has 0 aliphatic carbocycles. The van der Waals surface area contributed by atoms with Gasteiger partial charge in [0.2, 0.25) is 11.8 Å². The predicted molar refractivity (Wildman–Crippen MR) is 109 cm³/mol. The van der Waals surface area contributed by atoms with E-state index >= 15 is 0 Å². The lowest BCUT2D eigenvalue weighted by molar-refractivity contribution is -0.133. The summed E-state index contributed by atoms with van der Waals surface area (Å²) in [5.74, 6) is -1.04. The van der Waals surface area contributed by atoms with Crippen molar-refractivity contribution in [2.24, 2.45) is 5.41 Å². The Kier molecular flexibility index (Phi) is 4.86. The quantitative estimate of drug-likeness (QED) is 0.731. The number of nitrogens with zero attached hydrogens (tertiary/aromatic N) is 2. The van der Waals surface area contributed by atoms with Crippen LogP contribution in [0.5, 0.6) is 0 Å². The van der Waals surface area contributed by atoms with E-state index in [1.54, 1.807) is 17.0 Å². The number of halogens is 1. The fourth-order valence-electron chi connectivity index (χ4n) is 4.24. The highest BCUT2D eigenvalue weighted by Gasteiger charge is 2.54. The van der Waals surface area contributed by atoms with Crippen LogP contribution in [0.25, 0.3) is 0 Å². The molecule has 162 valence electrons. The number of amides is 3. The zero-order valence-electron chi connectivity index (χ0n) is 17.5. The topological polar surface area (TPSA) is 91.0 Å². The van der Waals surface area contributed by atoms with Gasteiger partial charge in [0.15, 0.2) is 0 Å². The molecule has 3 fully saturated rings. The first-order valence-corrected chi connectivity index (χ1v) is 10.2.